The van der Waals surface area contributed by atoms with E-state index in [0.29, 0.717) is 0 Å². The number of carbonyl (C=O) groups excluding carboxylic acids is 1. The fraction of sp³-hybridized carbons (Fsp3) is 0.778. The van der Waals surface area contributed by atoms with Crippen molar-refractivity contribution in [1.82, 2.24) is 5.32 Å². The Morgan fingerprint density at radius 3 is 1.68 bits per heavy atom. The molecule has 0 radical (unpaired) electrons. The van der Waals surface area contributed by atoms with Gasteiger partial charge in [-0.3, -0.25) is 4.79 Å². The largest absolute Gasteiger partial charge is 0.480 e. The summed E-state index contributed by atoms with van der Waals surface area (Å²) in [6.07, 6.45) is -12.1. The van der Waals surface area contributed by atoms with Crippen LogP contribution >= 0.6 is 0 Å². The van der Waals surface area contributed by atoms with E-state index in [-0.39, 0.29) is 6.42 Å². The summed E-state index contributed by atoms with van der Waals surface area (Å²) < 4.78 is 73.3. The number of alkyl halides is 6. The monoisotopic (exact) mass is 295 g/mol. The van der Waals surface area contributed by atoms with Gasteiger partial charge in [-0.15, -0.1) is 0 Å². The van der Waals surface area contributed by atoms with E-state index >= 15 is 0 Å². The Bertz CT molecular complexity index is 350. The van der Waals surface area contributed by atoms with Crippen LogP contribution in [-0.2, 0) is 9.59 Å². The van der Waals surface area contributed by atoms with Crippen LogP contribution in [0.2, 0.25) is 0 Å². The van der Waals surface area contributed by atoms with E-state index in [1.807, 2.05) is 0 Å². The molecule has 0 aromatic carbocycles. The molecule has 19 heavy (non-hydrogen) atoms. The summed E-state index contributed by atoms with van der Waals surface area (Å²) in [5.41, 5.74) is -2.20. The van der Waals surface area contributed by atoms with Crippen LogP contribution in [0.25, 0.3) is 0 Å². The summed E-state index contributed by atoms with van der Waals surface area (Å²) in [5, 5.41) is 9.97. The number of carboxylic acids is 1. The summed E-state index contributed by atoms with van der Waals surface area (Å²) in [5.74, 6) is -8.43. The lowest BCUT2D eigenvalue weighted by Crippen LogP contribution is -2.57. The first kappa shape index (κ1) is 17.5. The first-order valence-corrected chi connectivity index (χ1v) is 4.94. The number of nitrogens with one attached hydrogen (secondary N) is 1. The van der Waals surface area contributed by atoms with Gasteiger partial charge in [0.15, 0.2) is 0 Å². The standard InChI is InChI=1S/C9H11F6NO3/c1-3-7(2,6(18)19)16-5(17)4(8(10,11)12)9(13,14)15/h4H,3H2,1-2H3,(H,16,17)(H,18,19). The number of carbonyl (C=O) groups is 2. The van der Waals surface area contributed by atoms with Crippen LogP contribution in [-0.4, -0.2) is 34.9 Å². The molecule has 0 saturated carbocycles. The molecular weight excluding hydrogens is 284 g/mol. The number of halogens is 6. The van der Waals surface area contributed by atoms with Crippen molar-refractivity contribution in [2.24, 2.45) is 5.92 Å². The van der Waals surface area contributed by atoms with E-state index in [0.717, 1.165) is 6.92 Å². The second-order valence-electron chi connectivity index (χ2n) is 4.00. The second kappa shape index (κ2) is 5.25. The predicted molar refractivity (Wildman–Crippen MR) is 50.1 cm³/mol. The zero-order valence-corrected chi connectivity index (χ0v) is 9.82. The predicted octanol–water partition coefficient (Wildman–Crippen LogP) is 2.10. The lowest BCUT2D eigenvalue weighted by molar-refractivity contribution is -0.274. The van der Waals surface area contributed by atoms with E-state index in [2.05, 4.69) is 0 Å². The molecule has 1 atom stereocenters. The van der Waals surface area contributed by atoms with E-state index < -0.39 is 35.7 Å². The molecular formula is C9H11F6NO3. The van der Waals surface area contributed by atoms with Crippen molar-refractivity contribution < 1.29 is 41.0 Å². The van der Waals surface area contributed by atoms with Crippen molar-refractivity contribution in [2.75, 3.05) is 0 Å². The van der Waals surface area contributed by atoms with Gasteiger partial charge in [0.05, 0.1) is 0 Å². The van der Waals surface area contributed by atoms with Crippen LogP contribution in [0.3, 0.4) is 0 Å². The van der Waals surface area contributed by atoms with Crippen molar-refractivity contribution in [2.45, 2.75) is 38.2 Å². The fourth-order valence-corrected chi connectivity index (χ4v) is 1.12. The van der Waals surface area contributed by atoms with Crippen molar-refractivity contribution in [3.05, 3.63) is 0 Å². The van der Waals surface area contributed by atoms with E-state index in [9.17, 15) is 35.9 Å². The van der Waals surface area contributed by atoms with Gasteiger partial charge in [0.25, 0.3) is 0 Å². The van der Waals surface area contributed by atoms with Crippen molar-refractivity contribution in [3.8, 4) is 0 Å². The van der Waals surface area contributed by atoms with Crippen LogP contribution in [0.4, 0.5) is 26.3 Å². The molecule has 112 valence electrons. The Labute approximate surface area is 103 Å². The van der Waals surface area contributed by atoms with Crippen molar-refractivity contribution in [3.63, 3.8) is 0 Å². The van der Waals surface area contributed by atoms with E-state index in [1.165, 1.54) is 12.2 Å². The van der Waals surface area contributed by atoms with Gasteiger partial charge in [-0.05, 0) is 13.3 Å². The van der Waals surface area contributed by atoms with E-state index in [1.54, 1.807) is 0 Å². The molecule has 0 saturated heterocycles. The zero-order chi connectivity index (χ0) is 15.6. The summed E-state index contributed by atoms with van der Waals surface area (Å²) in [6, 6.07) is 0. The third-order valence-electron chi connectivity index (χ3n) is 2.50. The minimum absolute atomic E-state index is 0.378. The lowest BCUT2D eigenvalue weighted by Gasteiger charge is -2.29. The molecule has 0 aromatic heterocycles. The Balaban J connectivity index is 5.32. The van der Waals surface area contributed by atoms with Crippen LogP contribution in [0, 0.1) is 5.92 Å². The maximum absolute atomic E-state index is 12.2. The number of aliphatic carboxylic acids is 1. The molecule has 0 aliphatic heterocycles. The van der Waals surface area contributed by atoms with Gasteiger partial charge in [-0.1, -0.05) is 6.92 Å². The molecule has 0 heterocycles. The quantitative estimate of drug-likeness (QED) is 0.781. The van der Waals surface area contributed by atoms with Gasteiger partial charge >= 0.3 is 18.3 Å². The van der Waals surface area contributed by atoms with Gasteiger partial charge in [0.1, 0.15) is 5.54 Å². The first-order chi connectivity index (χ1) is 8.25. The molecule has 0 aromatic rings. The third-order valence-corrected chi connectivity index (χ3v) is 2.50. The maximum atomic E-state index is 12.2. The molecule has 10 heteroatoms. The number of hydrogen-bond acceptors (Lipinski definition) is 2. The first-order valence-electron chi connectivity index (χ1n) is 4.94. The molecule has 4 nitrogen and oxygen atoms in total. The van der Waals surface area contributed by atoms with Gasteiger partial charge in [-0.25, -0.2) is 4.79 Å². The molecule has 0 aliphatic carbocycles. The highest BCUT2D eigenvalue weighted by molar-refractivity contribution is 5.88. The molecule has 2 N–H and O–H groups in total. The minimum atomic E-state index is -5.85. The van der Waals surface area contributed by atoms with Crippen molar-refractivity contribution >= 4 is 11.9 Å². The Hall–Kier alpha value is -1.48. The van der Waals surface area contributed by atoms with Gasteiger partial charge in [0, 0.05) is 0 Å². The van der Waals surface area contributed by atoms with Gasteiger partial charge in [-0.2, -0.15) is 26.3 Å². The summed E-state index contributed by atoms with van der Waals surface area (Å²) in [7, 11) is 0. The number of hydrogen-bond donors (Lipinski definition) is 2. The number of rotatable bonds is 4. The van der Waals surface area contributed by atoms with Gasteiger partial charge in [0.2, 0.25) is 11.8 Å². The Kier molecular flexibility index (Phi) is 4.84. The summed E-state index contributed by atoms with van der Waals surface area (Å²) in [6.45, 7) is 2.02. The fourth-order valence-electron chi connectivity index (χ4n) is 1.12. The summed E-state index contributed by atoms with van der Waals surface area (Å²) in [4.78, 5) is 21.8. The minimum Gasteiger partial charge on any atom is -0.480 e. The third kappa shape index (κ3) is 4.28. The average molecular weight is 295 g/mol. The highest BCUT2D eigenvalue weighted by Crippen LogP contribution is 2.39. The average Bonchev–Trinajstić information content (AvgIpc) is 2.11. The molecule has 0 fully saturated rings. The highest BCUT2D eigenvalue weighted by Gasteiger charge is 2.61. The molecule has 0 bridgehead atoms. The molecule has 1 amide bonds. The highest BCUT2D eigenvalue weighted by atomic mass is 19.4. The van der Waals surface area contributed by atoms with Crippen LogP contribution in [0.15, 0.2) is 0 Å². The topological polar surface area (TPSA) is 66.4 Å². The lowest BCUT2D eigenvalue weighted by atomic mass is 9.97. The van der Waals surface area contributed by atoms with Gasteiger partial charge < -0.3 is 10.4 Å². The summed E-state index contributed by atoms with van der Waals surface area (Å²) >= 11 is 0. The molecule has 0 rings (SSSR count). The van der Waals surface area contributed by atoms with Crippen LogP contribution < -0.4 is 5.32 Å². The second-order valence-corrected chi connectivity index (χ2v) is 4.00. The molecule has 0 aliphatic rings. The smallest absolute Gasteiger partial charge is 0.409 e. The Morgan fingerprint density at radius 1 is 1.11 bits per heavy atom. The van der Waals surface area contributed by atoms with E-state index in [4.69, 9.17) is 5.11 Å². The molecule has 0 spiro atoms. The number of amides is 1. The number of carboxylic acid groups (broad SMARTS) is 1. The van der Waals surface area contributed by atoms with Crippen LogP contribution in [0.5, 0.6) is 0 Å². The van der Waals surface area contributed by atoms with Crippen molar-refractivity contribution in [1.29, 1.82) is 0 Å². The van der Waals surface area contributed by atoms with Crippen LogP contribution in [0.1, 0.15) is 20.3 Å². The Morgan fingerprint density at radius 2 is 1.47 bits per heavy atom. The molecule has 1 unspecified atom stereocenters. The maximum Gasteiger partial charge on any atom is 0.409 e. The SMILES string of the molecule is CCC(C)(NC(=O)C(C(F)(F)F)C(F)(F)F)C(=O)O. The normalized spacial score (nSPS) is 16.1. The zero-order valence-electron chi connectivity index (χ0n) is 9.82.